The first-order valence-electron chi connectivity index (χ1n) is 5.53. The van der Waals surface area contributed by atoms with Gasteiger partial charge in [0.2, 0.25) is 0 Å². The van der Waals surface area contributed by atoms with Crippen molar-refractivity contribution >= 4 is 5.78 Å². The van der Waals surface area contributed by atoms with E-state index in [9.17, 15) is 4.79 Å². The molecule has 16 heavy (non-hydrogen) atoms. The Labute approximate surface area is 97.7 Å². The van der Waals surface area contributed by atoms with E-state index in [4.69, 9.17) is 4.74 Å². The highest BCUT2D eigenvalue weighted by Crippen LogP contribution is 2.32. The summed E-state index contributed by atoms with van der Waals surface area (Å²) in [6.45, 7) is 11.5. The van der Waals surface area contributed by atoms with Crippen molar-refractivity contribution in [2.45, 2.75) is 40.2 Å². The van der Waals surface area contributed by atoms with Gasteiger partial charge in [-0.25, -0.2) is 0 Å². The Morgan fingerprint density at radius 3 is 2.56 bits per heavy atom. The number of carbonyl (C=O) groups is 1. The molecule has 88 valence electrons. The van der Waals surface area contributed by atoms with Crippen molar-refractivity contribution in [3.63, 3.8) is 0 Å². The molecule has 0 spiro atoms. The SMILES string of the molecule is C=C(C)/C=C/C(=O)C(C)(C)CC1OC=C1C. The van der Waals surface area contributed by atoms with Gasteiger partial charge >= 0.3 is 0 Å². The molecule has 0 bridgehead atoms. The molecule has 1 aliphatic heterocycles. The lowest BCUT2D eigenvalue weighted by atomic mass is 9.80. The van der Waals surface area contributed by atoms with E-state index in [1.54, 1.807) is 18.4 Å². The molecule has 2 nitrogen and oxygen atoms in total. The lowest BCUT2D eigenvalue weighted by molar-refractivity contribution is -0.123. The Kier molecular flexibility index (Phi) is 3.74. The fourth-order valence-corrected chi connectivity index (χ4v) is 1.52. The molecule has 2 heteroatoms. The van der Waals surface area contributed by atoms with Crippen molar-refractivity contribution in [3.05, 3.63) is 36.1 Å². The normalized spacial score (nSPS) is 20.0. The van der Waals surface area contributed by atoms with Crippen molar-refractivity contribution < 1.29 is 9.53 Å². The van der Waals surface area contributed by atoms with Crippen LogP contribution in [0.1, 0.15) is 34.1 Å². The second-order valence-electron chi connectivity index (χ2n) is 5.12. The number of rotatable bonds is 5. The fourth-order valence-electron chi connectivity index (χ4n) is 1.52. The molecule has 0 aliphatic carbocycles. The van der Waals surface area contributed by atoms with Crippen LogP contribution in [0.5, 0.6) is 0 Å². The molecular weight excluding hydrogens is 200 g/mol. The molecule has 1 atom stereocenters. The number of ether oxygens (including phenoxy) is 1. The highest BCUT2D eigenvalue weighted by Gasteiger charge is 2.33. The molecule has 1 rings (SSSR count). The minimum atomic E-state index is -0.383. The first-order chi connectivity index (χ1) is 7.33. The highest BCUT2D eigenvalue weighted by molar-refractivity contribution is 5.94. The van der Waals surface area contributed by atoms with Crippen molar-refractivity contribution in [2.24, 2.45) is 5.41 Å². The number of hydrogen-bond donors (Lipinski definition) is 0. The van der Waals surface area contributed by atoms with Gasteiger partial charge in [0.1, 0.15) is 6.10 Å². The summed E-state index contributed by atoms with van der Waals surface area (Å²) < 4.78 is 5.30. The summed E-state index contributed by atoms with van der Waals surface area (Å²) in [6, 6.07) is 0. The standard InChI is InChI=1S/C14H20O2/c1-10(2)6-7-13(15)14(4,5)8-12-11(3)9-16-12/h6-7,9,12H,1,8H2,2-5H3/b7-6+. The summed E-state index contributed by atoms with van der Waals surface area (Å²) in [6.07, 6.45) is 5.95. The van der Waals surface area contributed by atoms with Gasteiger partial charge in [-0.3, -0.25) is 4.79 Å². The predicted octanol–water partition coefficient (Wildman–Crippen LogP) is 3.41. The van der Waals surface area contributed by atoms with Gasteiger partial charge in [-0.2, -0.15) is 0 Å². The average Bonchev–Trinajstić information content (AvgIpc) is 2.20. The maximum Gasteiger partial charge on any atom is 0.161 e. The molecule has 0 aromatic rings. The van der Waals surface area contributed by atoms with Crippen molar-refractivity contribution in [1.29, 1.82) is 0 Å². The van der Waals surface area contributed by atoms with E-state index in [1.165, 1.54) is 5.57 Å². The van der Waals surface area contributed by atoms with Crippen LogP contribution in [0.3, 0.4) is 0 Å². The summed E-state index contributed by atoms with van der Waals surface area (Å²) in [5.41, 5.74) is 1.72. The van der Waals surface area contributed by atoms with Crippen LogP contribution in [0.15, 0.2) is 36.1 Å². The topological polar surface area (TPSA) is 26.3 Å². The van der Waals surface area contributed by atoms with Crippen molar-refractivity contribution in [1.82, 2.24) is 0 Å². The molecular formula is C14H20O2. The number of allylic oxidation sites excluding steroid dienone is 3. The predicted molar refractivity (Wildman–Crippen MR) is 66.0 cm³/mol. The molecule has 0 saturated heterocycles. The minimum Gasteiger partial charge on any atom is -0.493 e. The van der Waals surface area contributed by atoms with Crippen LogP contribution in [0.2, 0.25) is 0 Å². The highest BCUT2D eigenvalue weighted by atomic mass is 16.5. The van der Waals surface area contributed by atoms with Gasteiger partial charge in [-0.05, 0) is 19.9 Å². The van der Waals surface area contributed by atoms with Gasteiger partial charge in [-0.1, -0.05) is 32.1 Å². The third-order valence-corrected chi connectivity index (χ3v) is 2.81. The molecule has 0 aromatic heterocycles. The van der Waals surface area contributed by atoms with Crippen molar-refractivity contribution in [3.8, 4) is 0 Å². The maximum absolute atomic E-state index is 11.9. The minimum absolute atomic E-state index is 0.108. The van der Waals surface area contributed by atoms with E-state index in [0.717, 1.165) is 12.0 Å². The number of carbonyl (C=O) groups excluding carboxylic acids is 1. The Bertz CT molecular complexity index is 359. The molecule has 1 heterocycles. The molecule has 0 saturated carbocycles. The zero-order chi connectivity index (χ0) is 12.3. The Hall–Kier alpha value is -1.31. The van der Waals surface area contributed by atoms with Crippen LogP contribution < -0.4 is 0 Å². The Morgan fingerprint density at radius 2 is 2.19 bits per heavy atom. The zero-order valence-electron chi connectivity index (χ0n) is 10.5. The molecule has 0 aromatic carbocycles. The second-order valence-corrected chi connectivity index (χ2v) is 5.12. The van der Waals surface area contributed by atoms with Crippen LogP contribution in [-0.4, -0.2) is 11.9 Å². The third kappa shape index (κ3) is 3.09. The average molecular weight is 220 g/mol. The molecule has 0 radical (unpaired) electrons. The maximum atomic E-state index is 11.9. The second kappa shape index (κ2) is 4.69. The molecule has 0 fully saturated rings. The van der Waals surface area contributed by atoms with Crippen LogP contribution in [0.25, 0.3) is 0 Å². The van der Waals surface area contributed by atoms with E-state index >= 15 is 0 Å². The summed E-state index contributed by atoms with van der Waals surface area (Å²) in [5.74, 6) is 0.124. The number of hydrogen-bond acceptors (Lipinski definition) is 2. The molecule has 1 aliphatic rings. The molecule has 0 N–H and O–H groups in total. The van der Waals surface area contributed by atoms with Crippen LogP contribution >= 0.6 is 0 Å². The first kappa shape index (κ1) is 12.8. The van der Waals surface area contributed by atoms with Crippen LogP contribution in [-0.2, 0) is 9.53 Å². The summed E-state index contributed by atoms with van der Waals surface area (Å²) in [7, 11) is 0. The van der Waals surface area contributed by atoms with Gasteiger partial charge in [0.05, 0.1) is 6.26 Å². The lowest BCUT2D eigenvalue weighted by Crippen LogP contribution is -2.32. The lowest BCUT2D eigenvalue weighted by Gasteiger charge is -2.32. The van der Waals surface area contributed by atoms with E-state index in [2.05, 4.69) is 6.58 Å². The first-order valence-corrected chi connectivity index (χ1v) is 5.53. The Balaban J connectivity index is 2.59. The third-order valence-electron chi connectivity index (χ3n) is 2.81. The van der Waals surface area contributed by atoms with E-state index in [1.807, 2.05) is 27.7 Å². The van der Waals surface area contributed by atoms with Gasteiger partial charge in [0.15, 0.2) is 5.78 Å². The van der Waals surface area contributed by atoms with E-state index < -0.39 is 0 Å². The Morgan fingerprint density at radius 1 is 1.56 bits per heavy atom. The summed E-state index contributed by atoms with van der Waals surface area (Å²) in [5, 5.41) is 0. The summed E-state index contributed by atoms with van der Waals surface area (Å²) >= 11 is 0. The molecule has 0 amide bonds. The fraction of sp³-hybridized carbons (Fsp3) is 0.500. The van der Waals surface area contributed by atoms with Gasteiger partial charge in [0.25, 0.3) is 0 Å². The summed E-state index contributed by atoms with van der Waals surface area (Å²) in [4.78, 5) is 11.9. The van der Waals surface area contributed by atoms with Gasteiger partial charge in [0, 0.05) is 17.4 Å². The smallest absolute Gasteiger partial charge is 0.161 e. The van der Waals surface area contributed by atoms with Crippen LogP contribution in [0, 0.1) is 5.41 Å². The van der Waals surface area contributed by atoms with E-state index in [0.29, 0.717) is 0 Å². The van der Waals surface area contributed by atoms with E-state index in [-0.39, 0.29) is 17.3 Å². The largest absolute Gasteiger partial charge is 0.493 e. The van der Waals surface area contributed by atoms with Crippen molar-refractivity contribution in [2.75, 3.05) is 0 Å². The van der Waals surface area contributed by atoms with Gasteiger partial charge in [-0.15, -0.1) is 0 Å². The zero-order valence-corrected chi connectivity index (χ0v) is 10.5. The van der Waals surface area contributed by atoms with Crippen LogP contribution in [0.4, 0.5) is 0 Å². The monoisotopic (exact) mass is 220 g/mol. The van der Waals surface area contributed by atoms with Gasteiger partial charge < -0.3 is 4.74 Å². The molecule has 1 unspecified atom stereocenters. The number of ketones is 1. The quantitative estimate of drug-likeness (QED) is 0.524.